The van der Waals surface area contributed by atoms with E-state index in [1.54, 1.807) is 49.3 Å². The molecule has 0 unspecified atom stereocenters. The molecule has 9 heteroatoms. The van der Waals surface area contributed by atoms with E-state index in [1.807, 2.05) is 47.4 Å². The maximum atomic E-state index is 14.2. The van der Waals surface area contributed by atoms with E-state index in [4.69, 9.17) is 4.74 Å². The number of aliphatic hydroxyl groups is 2. The van der Waals surface area contributed by atoms with Gasteiger partial charge in [-0.25, -0.2) is 0 Å². The molecule has 9 nitrogen and oxygen atoms in total. The number of para-hydroxylation sites is 1. The number of carbonyl (C=O) groups is 2. The van der Waals surface area contributed by atoms with Gasteiger partial charge in [-0.05, 0) is 80.4 Å². The number of amides is 2. The van der Waals surface area contributed by atoms with Crippen LogP contribution in [0.15, 0.2) is 84.9 Å². The number of fused-ring (bicyclic) bond motifs is 1. The van der Waals surface area contributed by atoms with Crippen LogP contribution < -0.4 is 24.8 Å². The van der Waals surface area contributed by atoms with Gasteiger partial charge in [-0.2, -0.15) is 0 Å². The fourth-order valence-corrected chi connectivity index (χ4v) is 6.90. The zero-order chi connectivity index (χ0) is 30.9. The van der Waals surface area contributed by atoms with Crippen molar-refractivity contribution in [3.8, 4) is 5.75 Å². The van der Waals surface area contributed by atoms with Gasteiger partial charge < -0.3 is 30.1 Å². The largest absolute Gasteiger partial charge is 0.497 e. The summed E-state index contributed by atoms with van der Waals surface area (Å²) in [6.07, 6.45) is 5.44. The highest BCUT2D eigenvalue weighted by molar-refractivity contribution is 6.08. The van der Waals surface area contributed by atoms with Crippen LogP contribution in [0.2, 0.25) is 0 Å². The second kappa shape index (κ2) is 12.1. The number of carbonyl (C=O) groups excluding carboxylic acids is 2. The number of ether oxygens (including phenoxy) is 1. The predicted octanol–water partition coefficient (Wildman–Crippen LogP) is 3.94. The van der Waals surface area contributed by atoms with Crippen LogP contribution in [0.5, 0.6) is 5.75 Å². The first kappa shape index (κ1) is 29.9. The van der Waals surface area contributed by atoms with Crippen LogP contribution >= 0.6 is 0 Å². The van der Waals surface area contributed by atoms with E-state index in [0.717, 1.165) is 42.9 Å². The van der Waals surface area contributed by atoms with Gasteiger partial charge in [0.25, 0.3) is 11.8 Å². The average Bonchev–Trinajstić information content (AvgIpc) is 3.45. The second-order valence-electron chi connectivity index (χ2n) is 11.9. The molecule has 0 radical (unpaired) electrons. The summed E-state index contributed by atoms with van der Waals surface area (Å²) < 4.78 is 5.43. The van der Waals surface area contributed by atoms with Gasteiger partial charge in [-0.1, -0.05) is 49.4 Å². The standard InChI is InChI=1S/C35H40N4O5/c1-25(9-6-7-20-40)35(43)30-22-29(44-2)14-15-31(30)37(33(35)42)23-26-10-8-13-28(21-26)38-24-39(27-11-4-3-5-12-27)34(32(38)41)16-18-36-19-17-34/h3-6,8-15,21-22,25,36,40,43H,7,16-20,23-24H2,1-2H3/b9-6+/t25-,35+/m1/s1. The summed E-state index contributed by atoms with van der Waals surface area (Å²) in [6, 6.07) is 23.2. The van der Waals surface area contributed by atoms with Gasteiger partial charge in [0, 0.05) is 29.5 Å². The summed E-state index contributed by atoms with van der Waals surface area (Å²) in [5, 5.41) is 24.6. The molecule has 3 heterocycles. The third kappa shape index (κ3) is 4.95. The number of hydrogen-bond donors (Lipinski definition) is 3. The molecule has 2 fully saturated rings. The summed E-state index contributed by atoms with van der Waals surface area (Å²) in [4.78, 5) is 33.9. The zero-order valence-corrected chi connectivity index (χ0v) is 25.3. The Morgan fingerprint density at radius 2 is 1.73 bits per heavy atom. The van der Waals surface area contributed by atoms with Crippen molar-refractivity contribution in [2.75, 3.05) is 48.2 Å². The monoisotopic (exact) mass is 596 g/mol. The first-order valence-corrected chi connectivity index (χ1v) is 15.3. The van der Waals surface area contributed by atoms with E-state index in [-0.39, 0.29) is 19.1 Å². The second-order valence-corrected chi connectivity index (χ2v) is 11.9. The van der Waals surface area contributed by atoms with Crippen LogP contribution in [0.1, 0.15) is 37.3 Å². The molecule has 6 rings (SSSR count). The molecule has 0 aromatic heterocycles. The number of methoxy groups -OCH3 is 1. The molecule has 3 N–H and O–H groups in total. The number of piperidine rings is 1. The lowest BCUT2D eigenvalue weighted by Crippen LogP contribution is -2.55. The number of aliphatic hydroxyl groups excluding tert-OH is 1. The molecule has 2 amide bonds. The predicted molar refractivity (Wildman–Crippen MR) is 171 cm³/mol. The number of anilines is 3. The Balaban J connectivity index is 1.32. The topological polar surface area (TPSA) is 106 Å². The smallest absolute Gasteiger partial charge is 0.264 e. The molecule has 230 valence electrons. The van der Waals surface area contributed by atoms with Crippen molar-refractivity contribution in [3.05, 3.63) is 96.1 Å². The summed E-state index contributed by atoms with van der Waals surface area (Å²) in [7, 11) is 1.55. The molecule has 2 atom stereocenters. The molecule has 2 saturated heterocycles. The lowest BCUT2D eigenvalue weighted by Gasteiger charge is -2.39. The Labute approximate surface area is 258 Å². The molecule has 3 aromatic carbocycles. The van der Waals surface area contributed by atoms with Crippen LogP contribution in [-0.2, 0) is 21.7 Å². The molecule has 3 aliphatic heterocycles. The Morgan fingerprint density at radius 1 is 0.977 bits per heavy atom. The average molecular weight is 597 g/mol. The first-order chi connectivity index (χ1) is 21.3. The van der Waals surface area contributed by atoms with Crippen molar-refractivity contribution >= 4 is 28.9 Å². The Kier molecular flexibility index (Phi) is 8.20. The van der Waals surface area contributed by atoms with Gasteiger partial charge in [-0.15, -0.1) is 0 Å². The molecular formula is C35H40N4O5. The number of benzene rings is 3. The van der Waals surface area contributed by atoms with Crippen molar-refractivity contribution in [1.82, 2.24) is 5.32 Å². The van der Waals surface area contributed by atoms with Gasteiger partial charge >= 0.3 is 0 Å². The van der Waals surface area contributed by atoms with Gasteiger partial charge in [-0.3, -0.25) is 14.5 Å². The summed E-state index contributed by atoms with van der Waals surface area (Å²) in [5.74, 6) is -0.329. The summed E-state index contributed by atoms with van der Waals surface area (Å²) >= 11 is 0. The van der Waals surface area contributed by atoms with Crippen molar-refractivity contribution in [3.63, 3.8) is 0 Å². The van der Waals surface area contributed by atoms with E-state index < -0.39 is 23.0 Å². The number of rotatable bonds is 9. The molecule has 0 bridgehead atoms. The van der Waals surface area contributed by atoms with Gasteiger partial charge in [0.15, 0.2) is 5.60 Å². The fourth-order valence-electron chi connectivity index (χ4n) is 6.90. The number of hydrogen-bond acceptors (Lipinski definition) is 7. The lowest BCUT2D eigenvalue weighted by atomic mass is 9.83. The van der Waals surface area contributed by atoms with Crippen molar-refractivity contribution in [2.45, 2.75) is 43.9 Å². The minimum Gasteiger partial charge on any atom is -0.497 e. The van der Waals surface area contributed by atoms with Gasteiger partial charge in [0.1, 0.15) is 11.3 Å². The van der Waals surface area contributed by atoms with Crippen LogP contribution in [0, 0.1) is 5.92 Å². The van der Waals surface area contributed by atoms with Gasteiger partial charge in [0.05, 0.1) is 26.0 Å². The van der Waals surface area contributed by atoms with Crippen molar-refractivity contribution in [2.24, 2.45) is 5.92 Å². The molecule has 3 aromatic rings. The van der Waals surface area contributed by atoms with Crippen LogP contribution in [0.3, 0.4) is 0 Å². The third-order valence-electron chi connectivity index (χ3n) is 9.36. The Hall–Kier alpha value is -4.18. The summed E-state index contributed by atoms with van der Waals surface area (Å²) in [5.41, 5.74) is 1.35. The van der Waals surface area contributed by atoms with E-state index in [9.17, 15) is 19.8 Å². The van der Waals surface area contributed by atoms with Crippen LogP contribution in [0.25, 0.3) is 0 Å². The Morgan fingerprint density at radius 3 is 2.45 bits per heavy atom. The first-order valence-electron chi connectivity index (χ1n) is 15.3. The quantitative estimate of drug-likeness (QED) is 0.322. The molecular weight excluding hydrogens is 556 g/mol. The highest BCUT2D eigenvalue weighted by Gasteiger charge is 2.54. The van der Waals surface area contributed by atoms with Gasteiger partial charge in [0.2, 0.25) is 0 Å². The highest BCUT2D eigenvalue weighted by Crippen LogP contribution is 2.47. The minimum atomic E-state index is -1.80. The molecule has 3 aliphatic rings. The minimum absolute atomic E-state index is 0.0108. The third-order valence-corrected chi connectivity index (χ3v) is 9.36. The lowest BCUT2D eigenvalue weighted by molar-refractivity contribution is -0.139. The molecule has 0 saturated carbocycles. The van der Waals surface area contributed by atoms with Crippen molar-refractivity contribution in [1.29, 1.82) is 0 Å². The highest BCUT2D eigenvalue weighted by atomic mass is 16.5. The van der Waals surface area contributed by atoms with Crippen molar-refractivity contribution < 1.29 is 24.5 Å². The van der Waals surface area contributed by atoms with E-state index >= 15 is 0 Å². The Bertz CT molecular complexity index is 1550. The SMILES string of the molecule is COc1ccc2c(c1)[C@@](O)([C@H](C)/C=C/CCO)C(=O)N2Cc1cccc(N2CN(c3ccccc3)C3(CCNCC3)C2=O)c1. The maximum Gasteiger partial charge on any atom is 0.264 e. The van der Waals surface area contributed by atoms with Crippen LogP contribution in [0.4, 0.5) is 17.1 Å². The summed E-state index contributed by atoms with van der Waals surface area (Å²) in [6.45, 7) is 4.01. The van der Waals surface area contributed by atoms with E-state index in [1.165, 1.54) is 0 Å². The maximum absolute atomic E-state index is 14.2. The van der Waals surface area contributed by atoms with E-state index in [2.05, 4.69) is 22.3 Å². The van der Waals surface area contributed by atoms with Crippen LogP contribution in [-0.4, -0.2) is 61.0 Å². The zero-order valence-electron chi connectivity index (χ0n) is 25.3. The number of nitrogens with zero attached hydrogens (tertiary/aromatic N) is 3. The molecule has 0 aliphatic carbocycles. The number of nitrogens with one attached hydrogen (secondary N) is 1. The van der Waals surface area contributed by atoms with E-state index in [0.29, 0.717) is 30.1 Å². The normalized spacial score (nSPS) is 21.9. The molecule has 1 spiro atoms. The molecule has 44 heavy (non-hydrogen) atoms. The fraction of sp³-hybridized carbons (Fsp3) is 0.371.